The lowest BCUT2D eigenvalue weighted by Crippen LogP contribution is -2.67. The highest BCUT2D eigenvalue weighted by Crippen LogP contribution is 2.80. The van der Waals surface area contributed by atoms with E-state index >= 15 is 4.79 Å². The molecule has 0 radical (unpaired) electrons. The molecule has 10 aliphatic carbocycles. The SMILES string of the molecule is C=C(C)C1CCC2(C(=O)NCCCCC(NC(=O)C(CCCCNC(=O)C34CCC(C(=C)C)C3[C@H]3CC[C@@H]5[C@@]6(C)CCC(=O)C(C)(C)[C@@H]6CC[C@@]5(C)[C@]3(C)CC4)NC(=O)OC(C)(C)C)C(=O)O)CC[C@]3(C)[C@H](CC[C@@H]4[C@@]5(C)CCC(=O)C(C)(C)[C@@H]5CC[C@]43C)C12. The summed E-state index contributed by atoms with van der Waals surface area (Å²) in [7, 11) is 0. The zero-order valence-corrected chi connectivity index (χ0v) is 58.9. The maximum atomic E-state index is 15.0. The van der Waals surface area contributed by atoms with Gasteiger partial charge < -0.3 is 31.1 Å². The third-order valence-electron chi connectivity index (χ3n) is 30.6. The van der Waals surface area contributed by atoms with Gasteiger partial charge in [-0.15, -0.1) is 0 Å². The number of carboxylic acid groups (broad SMARTS) is 1. The maximum absolute atomic E-state index is 15.0. The number of unbranched alkanes of at least 4 members (excludes halogenated alkanes) is 2. The van der Waals surface area contributed by atoms with Crippen molar-refractivity contribution in [2.24, 2.45) is 113 Å². The minimum atomic E-state index is -1.21. The monoisotopic (exact) mass is 1250 g/mol. The normalized spacial score (nSPS) is 42.7. The van der Waals surface area contributed by atoms with E-state index in [4.69, 9.17) is 4.74 Å². The van der Waals surface area contributed by atoms with Crippen molar-refractivity contribution in [3.63, 3.8) is 0 Å². The van der Waals surface area contributed by atoms with Gasteiger partial charge in [0.2, 0.25) is 17.7 Å². The number of nitrogens with one attached hydrogen (secondary N) is 4. The molecule has 13 nitrogen and oxygen atoms in total. The van der Waals surface area contributed by atoms with Gasteiger partial charge in [0, 0.05) is 36.8 Å². The van der Waals surface area contributed by atoms with Crippen molar-refractivity contribution in [1.29, 1.82) is 0 Å². The fourth-order valence-electron chi connectivity index (χ4n) is 25.6. The molecular formula is C77H122N4O9. The zero-order valence-electron chi connectivity index (χ0n) is 58.9. The Bertz CT molecular complexity index is 2870. The van der Waals surface area contributed by atoms with E-state index in [0.717, 1.165) is 116 Å². The number of carbonyl (C=O) groups excluding carboxylic acids is 6. The molecule has 8 unspecified atom stereocenters. The molecule has 0 aromatic heterocycles. The van der Waals surface area contributed by atoms with Crippen LogP contribution in [0.3, 0.4) is 0 Å². The second kappa shape index (κ2) is 24.0. The van der Waals surface area contributed by atoms with Crippen LogP contribution >= 0.6 is 0 Å². The molecule has 10 rings (SSSR count). The fourth-order valence-corrected chi connectivity index (χ4v) is 25.6. The molecule has 0 heterocycles. The molecule has 4 amide bonds. The van der Waals surface area contributed by atoms with Crippen LogP contribution in [0.25, 0.3) is 0 Å². The summed E-state index contributed by atoms with van der Waals surface area (Å²) >= 11 is 0. The van der Waals surface area contributed by atoms with Gasteiger partial charge in [-0.05, 0) is 280 Å². The molecule has 504 valence electrons. The quantitative estimate of drug-likeness (QED) is 0.0655. The molecule has 0 saturated heterocycles. The molecule has 10 aliphatic rings. The van der Waals surface area contributed by atoms with Gasteiger partial charge in [-0.25, -0.2) is 9.59 Å². The standard InChI is InChI=1S/C77H122N4O9/c1-46(2)48-28-38-76(42-40-72(14)50(60(48)76)24-26-56-70(12)34-32-58(82)68(8,9)54(70)30-36-74(56,72)16)64(87)78-44-20-18-22-52(81-66(89)90-67(5,6)7)62(84)80-53(63(85)86)23-19-21-45-79-65(88)77-39-29-49(47(3)4)61(77)51-25-27-57-71(13)35-33-59(83)69(10,11)55(71)31-37-75(57,17)73(51,15)41-43-77/h48-57,60-61H,1,3,18-45H2,2,4-17H3,(H,78,87)(H,79,88)(H,80,84)(H,81,89)(H,85,86)/t48?,49?,50-,51-,52?,53?,54+,55+,56-,57-,60?,61?,70+,71+,72-,73-,74-,75-,76?,77?/m1/s1. The van der Waals surface area contributed by atoms with E-state index in [-0.39, 0.29) is 91.6 Å². The molecule has 20 atom stereocenters. The van der Waals surface area contributed by atoms with Gasteiger partial charge in [0.25, 0.3) is 0 Å². The first-order chi connectivity index (χ1) is 41.9. The molecule has 10 fully saturated rings. The van der Waals surface area contributed by atoms with Crippen molar-refractivity contribution in [3.8, 4) is 0 Å². The van der Waals surface area contributed by atoms with Crippen molar-refractivity contribution in [1.82, 2.24) is 21.3 Å². The smallest absolute Gasteiger partial charge is 0.408 e. The minimum absolute atomic E-state index is 0.0552. The third kappa shape index (κ3) is 10.8. The molecule has 90 heavy (non-hydrogen) atoms. The Morgan fingerprint density at radius 1 is 0.511 bits per heavy atom. The van der Waals surface area contributed by atoms with Gasteiger partial charge in [-0.1, -0.05) is 93.5 Å². The highest BCUT2D eigenvalue weighted by Gasteiger charge is 2.74. The number of amides is 4. The van der Waals surface area contributed by atoms with E-state index in [1.807, 2.05) is 0 Å². The van der Waals surface area contributed by atoms with Crippen LogP contribution in [-0.2, 0) is 33.5 Å². The summed E-state index contributed by atoms with van der Waals surface area (Å²) < 4.78 is 5.60. The number of ether oxygens (including phenoxy) is 1. The van der Waals surface area contributed by atoms with Crippen molar-refractivity contribution in [3.05, 3.63) is 24.3 Å². The van der Waals surface area contributed by atoms with Gasteiger partial charge in [0.05, 0.1) is 10.8 Å². The zero-order chi connectivity index (χ0) is 66.0. The molecule has 0 bridgehead atoms. The Labute approximate surface area is 542 Å². The number of Topliss-reactive ketones (excluding diaryl/α,β-unsaturated/α-hetero) is 2. The van der Waals surface area contributed by atoms with Gasteiger partial charge in [0.15, 0.2) is 0 Å². The van der Waals surface area contributed by atoms with E-state index in [1.165, 1.54) is 11.1 Å². The predicted molar refractivity (Wildman–Crippen MR) is 354 cm³/mol. The molecule has 0 aliphatic heterocycles. The largest absolute Gasteiger partial charge is 0.480 e. The number of hydrogen-bond acceptors (Lipinski definition) is 8. The third-order valence-corrected chi connectivity index (χ3v) is 30.6. The molecular weight excluding hydrogens is 1120 g/mol. The van der Waals surface area contributed by atoms with Crippen molar-refractivity contribution < 1.29 is 43.4 Å². The summed E-state index contributed by atoms with van der Waals surface area (Å²) in [4.78, 5) is 97.0. The first kappa shape index (κ1) is 68.8. The van der Waals surface area contributed by atoms with Crippen LogP contribution in [0.15, 0.2) is 24.3 Å². The predicted octanol–water partition coefficient (Wildman–Crippen LogP) is 15.5. The second-order valence-electron chi connectivity index (χ2n) is 36.1. The van der Waals surface area contributed by atoms with Gasteiger partial charge >= 0.3 is 12.1 Å². The lowest BCUT2D eigenvalue weighted by molar-refractivity contribution is -0.233. The van der Waals surface area contributed by atoms with Crippen molar-refractivity contribution in [2.75, 3.05) is 13.1 Å². The van der Waals surface area contributed by atoms with E-state index in [1.54, 1.807) is 20.8 Å². The summed E-state index contributed by atoms with van der Waals surface area (Å²) in [5.41, 5.74) is 0.487. The first-order valence-electron chi connectivity index (χ1n) is 36.3. The Balaban J connectivity index is 0.739. The number of alkyl carbamates (subject to hydrolysis) is 1. The molecule has 10 saturated carbocycles. The van der Waals surface area contributed by atoms with Crippen LogP contribution in [-0.4, -0.2) is 77.2 Å². The van der Waals surface area contributed by atoms with Crippen LogP contribution in [0.2, 0.25) is 0 Å². The van der Waals surface area contributed by atoms with Crippen LogP contribution in [0.4, 0.5) is 4.79 Å². The average Bonchev–Trinajstić information content (AvgIpc) is 1.02. The number of allylic oxidation sites excluding steroid dienone is 2. The van der Waals surface area contributed by atoms with Gasteiger partial charge in [0.1, 0.15) is 29.3 Å². The summed E-state index contributed by atoms with van der Waals surface area (Å²) in [6.07, 6.45) is 21.1. The van der Waals surface area contributed by atoms with Crippen molar-refractivity contribution in [2.45, 2.75) is 288 Å². The highest BCUT2D eigenvalue weighted by atomic mass is 16.6. The fraction of sp³-hybridized carbons (Fsp3) is 0.857. The number of carbonyl (C=O) groups is 7. The van der Waals surface area contributed by atoms with Crippen LogP contribution in [0, 0.1) is 113 Å². The molecule has 5 N–H and O–H groups in total. The summed E-state index contributed by atoms with van der Waals surface area (Å²) in [5.74, 6) is 2.90. The summed E-state index contributed by atoms with van der Waals surface area (Å²) in [6.45, 7) is 43.7. The Kier molecular flexibility index (Phi) is 18.4. The molecule has 0 aromatic rings. The van der Waals surface area contributed by atoms with E-state index in [9.17, 15) is 33.9 Å². The Morgan fingerprint density at radius 2 is 0.922 bits per heavy atom. The van der Waals surface area contributed by atoms with Crippen LogP contribution in [0.5, 0.6) is 0 Å². The maximum Gasteiger partial charge on any atom is 0.408 e. The Morgan fingerprint density at radius 3 is 1.31 bits per heavy atom. The summed E-state index contributed by atoms with van der Waals surface area (Å²) in [5, 5.41) is 22.8. The highest BCUT2D eigenvalue weighted by molar-refractivity contribution is 5.90. The minimum Gasteiger partial charge on any atom is -0.480 e. The van der Waals surface area contributed by atoms with Crippen molar-refractivity contribution >= 4 is 41.4 Å². The summed E-state index contributed by atoms with van der Waals surface area (Å²) in [6, 6.07) is -2.29. The average molecular weight is 1250 g/mol. The lowest BCUT2D eigenvalue weighted by Gasteiger charge is -2.72. The number of aliphatic carboxylic acids is 1. The lowest BCUT2D eigenvalue weighted by atomic mass is 9.32. The first-order valence-corrected chi connectivity index (χ1v) is 36.3. The van der Waals surface area contributed by atoms with E-state index in [2.05, 4.69) is 118 Å². The van der Waals surface area contributed by atoms with E-state index < -0.39 is 46.5 Å². The number of rotatable bonds is 18. The Hall–Kier alpha value is -4.03. The van der Waals surface area contributed by atoms with Gasteiger partial charge in [-0.3, -0.25) is 24.0 Å². The number of ketones is 2. The molecule has 0 aromatic carbocycles. The van der Waals surface area contributed by atoms with Crippen LogP contribution < -0.4 is 21.3 Å². The second-order valence-corrected chi connectivity index (χ2v) is 36.1. The number of carboxylic acids is 1. The number of fused-ring (bicyclic) bond motifs is 14. The molecule has 13 heteroatoms. The topological polar surface area (TPSA) is 197 Å². The molecule has 0 spiro atoms. The van der Waals surface area contributed by atoms with E-state index in [0.29, 0.717) is 98.7 Å². The van der Waals surface area contributed by atoms with Crippen LogP contribution in [0.1, 0.15) is 271 Å². The number of hydrogen-bond donors (Lipinski definition) is 5. The van der Waals surface area contributed by atoms with Gasteiger partial charge in [-0.2, -0.15) is 0 Å².